The number of methoxy groups -OCH3 is 2. The minimum Gasteiger partial charge on any atom is -0.497 e. The van der Waals surface area contributed by atoms with Gasteiger partial charge in [-0.3, -0.25) is 0 Å². The van der Waals surface area contributed by atoms with E-state index in [1.807, 2.05) is 12.1 Å². The first-order valence-corrected chi connectivity index (χ1v) is 15.3. The van der Waals surface area contributed by atoms with Crippen LogP contribution in [0.25, 0.3) is 0 Å². The van der Waals surface area contributed by atoms with Crippen LogP contribution in [0, 0.1) is 5.92 Å². The Kier molecular flexibility index (Phi) is 16.5. The molecule has 0 amide bonds. The zero-order valence-electron chi connectivity index (χ0n) is 27.1. The van der Waals surface area contributed by atoms with Crippen molar-refractivity contribution >= 4 is 17.9 Å². The van der Waals surface area contributed by atoms with Crippen molar-refractivity contribution in [2.45, 2.75) is 32.1 Å². The van der Waals surface area contributed by atoms with Crippen molar-refractivity contribution in [3.63, 3.8) is 0 Å². The standard InChI is InChI=1S/C32H39NO5.C4H4O4.H2O/c1-4-37-32(34)27-10-16-30(17-11-27)38-23-5-20-33-21-18-26(19-22-33)31(24-6-12-28(35-2)13-7-24)25-8-14-29(36-3)15-9-25;5-3(6)1-2-4(7)8;/h6-17,26,31H,4-5,18-23H2,1-3H3;1-2H,(H,5,6)(H,7,8);1H2/b;2-1+;. The Morgan fingerprint density at radius 3 is 1.68 bits per heavy atom. The number of carbonyl (C=O) groups excluding carboxylic acids is 1. The Balaban J connectivity index is 0.000000758. The number of carbonyl (C=O) groups is 3. The summed E-state index contributed by atoms with van der Waals surface area (Å²) in [5, 5.41) is 15.6. The number of hydrogen-bond acceptors (Lipinski definition) is 8. The average Bonchev–Trinajstić information content (AvgIpc) is 3.08. The van der Waals surface area contributed by atoms with E-state index < -0.39 is 11.9 Å². The van der Waals surface area contributed by atoms with Gasteiger partial charge in [0.2, 0.25) is 0 Å². The van der Waals surface area contributed by atoms with E-state index in [-0.39, 0.29) is 11.4 Å². The minimum atomic E-state index is -1.26. The first-order valence-electron chi connectivity index (χ1n) is 15.3. The summed E-state index contributed by atoms with van der Waals surface area (Å²) >= 11 is 0. The van der Waals surface area contributed by atoms with Crippen LogP contribution >= 0.6 is 0 Å². The van der Waals surface area contributed by atoms with Crippen LogP contribution in [-0.4, -0.2) is 85.6 Å². The van der Waals surface area contributed by atoms with Crippen LogP contribution in [0.2, 0.25) is 0 Å². The molecule has 0 aliphatic carbocycles. The Hall–Kier alpha value is -4.87. The largest absolute Gasteiger partial charge is 0.497 e. The molecule has 3 aromatic carbocycles. The smallest absolute Gasteiger partial charge is 0.338 e. The molecule has 0 aromatic heterocycles. The van der Waals surface area contributed by atoms with Crippen LogP contribution in [0.1, 0.15) is 53.6 Å². The second kappa shape index (κ2) is 20.3. The minimum absolute atomic E-state index is 0. The molecule has 1 aliphatic rings. The number of likely N-dealkylation sites (tertiary alicyclic amines) is 1. The predicted molar refractivity (Wildman–Crippen MR) is 178 cm³/mol. The summed E-state index contributed by atoms with van der Waals surface area (Å²) in [6.45, 7) is 6.02. The molecule has 4 rings (SSSR count). The van der Waals surface area contributed by atoms with Gasteiger partial charge >= 0.3 is 17.9 Å². The average molecular weight is 652 g/mol. The molecule has 1 fully saturated rings. The van der Waals surface area contributed by atoms with Crippen molar-refractivity contribution in [2.24, 2.45) is 5.92 Å². The van der Waals surface area contributed by atoms with Gasteiger partial charge < -0.3 is 39.5 Å². The van der Waals surface area contributed by atoms with Crippen molar-refractivity contribution in [3.05, 3.63) is 102 Å². The SMILES string of the molecule is CCOC(=O)c1ccc(OCCCN2CCC(C(c3ccc(OC)cc3)c3ccc(OC)cc3)CC2)cc1.O.O=C(O)/C=C/C(=O)O. The number of aliphatic carboxylic acids is 2. The highest BCUT2D eigenvalue weighted by Crippen LogP contribution is 2.39. The van der Waals surface area contributed by atoms with Crippen LogP contribution in [0.15, 0.2) is 84.9 Å². The monoisotopic (exact) mass is 651 g/mol. The summed E-state index contributed by atoms with van der Waals surface area (Å²) in [7, 11) is 3.41. The fourth-order valence-electron chi connectivity index (χ4n) is 5.39. The predicted octanol–water partition coefficient (Wildman–Crippen LogP) is 5.08. The summed E-state index contributed by atoms with van der Waals surface area (Å²) in [6.07, 6.45) is 4.38. The van der Waals surface area contributed by atoms with Crippen molar-refractivity contribution in [2.75, 3.05) is 47.1 Å². The van der Waals surface area contributed by atoms with Gasteiger partial charge in [-0.25, -0.2) is 14.4 Å². The van der Waals surface area contributed by atoms with Gasteiger partial charge in [0, 0.05) is 24.6 Å². The molecular formula is C36H45NO10. The second-order valence-electron chi connectivity index (χ2n) is 10.7. The third-order valence-electron chi connectivity index (χ3n) is 7.67. The van der Waals surface area contributed by atoms with Crippen molar-refractivity contribution in [1.29, 1.82) is 0 Å². The quantitative estimate of drug-likeness (QED) is 0.137. The Morgan fingerprint density at radius 2 is 1.26 bits per heavy atom. The normalized spacial score (nSPS) is 13.2. The van der Waals surface area contributed by atoms with Gasteiger partial charge in [0.05, 0.1) is 33.0 Å². The van der Waals surface area contributed by atoms with Gasteiger partial charge in [-0.2, -0.15) is 0 Å². The number of carboxylic acids is 2. The fraction of sp³-hybridized carbons (Fsp3) is 0.361. The van der Waals surface area contributed by atoms with E-state index in [1.165, 1.54) is 11.1 Å². The molecular weight excluding hydrogens is 606 g/mol. The number of nitrogens with zero attached hydrogens (tertiary/aromatic N) is 1. The summed E-state index contributed by atoms with van der Waals surface area (Å²) in [5.41, 5.74) is 3.21. The van der Waals surface area contributed by atoms with E-state index >= 15 is 0 Å². The highest BCUT2D eigenvalue weighted by Gasteiger charge is 2.29. The van der Waals surface area contributed by atoms with E-state index in [2.05, 4.69) is 53.4 Å². The Morgan fingerprint density at radius 1 is 0.787 bits per heavy atom. The molecule has 254 valence electrons. The molecule has 11 heteroatoms. The Bertz CT molecular complexity index is 1330. The lowest BCUT2D eigenvalue weighted by Crippen LogP contribution is -2.36. The lowest BCUT2D eigenvalue weighted by molar-refractivity contribution is -0.134. The molecule has 1 heterocycles. The maximum absolute atomic E-state index is 11.8. The number of piperidine rings is 1. The second-order valence-corrected chi connectivity index (χ2v) is 10.7. The maximum Gasteiger partial charge on any atom is 0.338 e. The highest BCUT2D eigenvalue weighted by molar-refractivity contribution is 5.90. The first kappa shape index (κ1) is 38.3. The number of rotatable bonds is 14. The molecule has 0 spiro atoms. The molecule has 4 N–H and O–H groups in total. The van der Waals surface area contributed by atoms with Crippen LogP contribution < -0.4 is 14.2 Å². The zero-order chi connectivity index (χ0) is 33.3. The van der Waals surface area contributed by atoms with Crippen LogP contribution in [0.3, 0.4) is 0 Å². The van der Waals surface area contributed by atoms with Gasteiger partial charge in [-0.15, -0.1) is 0 Å². The number of benzene rings is 3. The van der Waals surface area contributed by atoms with Crippen LogP contribution in [0.4, 0.5) is 0 Å². The van der Waals surface area contributed by atoms with Crippen LogP contribution in [0.5, 0.6) is 17.2 Å². The zero-order valence-corrected chi connectivity index (χ0v) is 27.1. The molecule has 1 aliphatic heterocycles. The third kappa shape index (κ3) is 12.8. The molecule has 0 bridgehead atoms. The van der Waals surface area contributed by atoms with Gasteiger partial charge in [0.25, 0.3) is 0 Å². The summed E-state index contributed by atoms with van der Waals surface area (Å²) in [4.78, 5) is 33.4. The summed E-state index contributed by atoms with van der Waals surface area (Å²) in [5.74, 6) is 0.641. The van der Waals surface area contributed by atoms with Crippen LogP contribution in [-0.2, 0) is 14.3 Å². The van der Waals surface area contributed by atoms with E-state index in [0.29, 0.717) is 42.8 Å². The summed E-state index contributed by atoms with van der Waals surface area (Å²) in [6, 6.07) is 24.2. The van der Waals surface area contributed by atoms with Gasteiger partial charge in [-0.1, -0.05) is 24.3 Å². The van der Waals surface area contributed by atoms with Gasteiger partial charge in [0.1, 0.15) is 17.2 Å². The molecule has 0 radical (unpaired) electrons. The fourth-order valence-corrected chi connectivity index (χ4v) is 5.39. The van der Waals surface area contributed by atoms with Crippen molar-refractivity contribution < 1.29 is 49.0 Å². The van der Waals surface area contributed by atoms with Crippen molar-refractivity contribution in [1.82, 2.24) is 4.90 Å². The third-order valence-corrected chi connectivity index (χ3v) is 7.67. The van der Waals surface area contributed by atoms with E-state index in [9.17, 15) is 14.4 Å². The molecule has 47 heavy (non-hydrogen) atoms. The number of esters is 1. The van der Waals surface area contributed by atoms with E-state index in [0.717, 1.165) is 56.1 Å². The molecule has 0 atom stereocenters. The number of hydrogen-bond donors (Lipinski definition) is 2. The lowest BCUT2D eigenvalue weighted by atomic mass is 9.76. The highest BCUT2D eigenvalue weighted by atomic mass is 16.5. The summed E-state index contributed by atoms with van der Waals surface area (Å²) < 4.78 is 21.7. The lowest BCUT2D eigenvalue weighted by Gasteiger charge is -2.36. The van der Waals surface area contributed by atoms with E-state index in [4.69, 9.17) is 29.2 Å². The first-order chi connectivity index (χ1) is 22.2. The van der Waals surface area contributed by atoms with E-state index in [1.54, 1.807) is 33.3 Å². The van der Waals surface area contributed by atoms with Crippen molar-refractivity contribution in [3.8, 4) is 17.2 Å². The molecule has 1 saturated heterocycles. The molecule has 0 saturated carbocycles. The topological polar surface area (TPSA) is 163 Å². The molecule has 0 unspecified atom stereocenters. The number of carboxylic acid groups (broad SMARTS) is 2. The molecule has 3 aromatic rings. The van der Waals surface area contributed by atoms with Gasteiger partial charge in [-0.05, 0) is 105 Å². The maximum atomic E-state index is 11.8. The number of ether oxygens (including phenoxy) is 4. The molecule has 11 nitrogen and oxygen atoms in total. The Labute approximate surface area is 275 Å². The van der Waals surface area contributed by atoms with Gasteiger partial charge in [0.15, 0.2) is 0 Å².